The van der Waals surface area contributed by atoms with Crippen LogP contribution in [0.2, 0.25) is 0 Å². The van der Waals surface area contributed by atoms with Gasteiger partial charge in [0, 0.05) is 0 Å². The highest BCUT2D eigenvalue weighted by atomic mass is 32.2. The summed E-state index contributed by atoms with van der Waals surface area (Å²) in [5.74, 6) is -0.630. The first kappa shape index (κ1) is 16.2. The lowest BCUT2D eigenvalue weighted by atomic mass is 10.2. The van der Waals surface area contributed by atoms with Crippen molar-refractivity contribution in [3.63, 3.8) is 0 Å². The molecule has 0 amide bonds. The van der Waals surface area contributed by atoms with Crippen molar-refractivity contribution >= 4 is 16.0 Å². The minimum atomic E-state index is -3.68. The molecule has 108 valence electrons. The van der Waals surface area contributed by atoms with Crippen molar-refractivity contribution in [2.75, 3.05) is 13.2 Å². The Morgan fingerprint density at radius 3 is 2.45 bits per heavy atom. The van der Waals surface area contributed by atoms with Gasteiger partial charge in [0.1, 0.15) is 0 Å². The molecular weight excluding hydrogens is 278 g/mol. The third kappa shape index (κ3) is 4.35. The van der Waals surface area contributed by atoms with Crippen LogP contribution < -0.4 is 4.72 Å². The van der Waals surface area contributed by atoms with E-state index in [1.54, 1.807) is 19.1 Å². The molecule has 0 aliphatic carbocycles. The molecule has 1 aromatic carbocycles. The zero-order valence-electron chi connectivity index (χ0n) is 11.5. The van der Waals surface area contributed by atoms with Gasteiger partial charge in [-0.05, 0) is 26.0 Å². The number of hydrogen-bond donors (Lipinski definition) is 1. The molecule has 0 saturated carbocycles. The van der Waals surface area contributed by atoms with Crippen LogP contribution in [0.5, 0.6) is 0 Å². The molecule has 0 spiro atoms. The summed E-state index contributed by atoms with van der Waals surface area (Å²) in [4.78, 5) is 11.6. The Hall–Kier alpha value is -1.88. The number of aryl methyl sites for hydroxylation is 1. The third-order valence-electron chi connectivity index (χ3n) is 2.51. The molecule has 0 aliphatic heterocycles. The van der Waals surface area contributed by atoms with Crippen molar-refractivity contribution in [2.24, 2.45) is 0 Å². The monoisotopic (exact) mass is 295 g/mol. The van der Waals surface area contributed by atoms with E-state index in [1.165, 1.54) is 12.1 Å². The molecule has 5 nitrogen and oxygen atoms in total. The lowest BCUT2D eigenvalue weighted by Crippen LogP contribution is -2.28. The van der Waals surface area contributed by atoms with Gasteiger partial charge in [-0.15, -0.1) is 5.73 Å². The predicted octanol–water partition coefficient (Wildman–Crippen LogP) is 1.55. The van der Waals surface area contributed by atoms with E-state index in [9.17, 15) is 13.2 Å². The topological polar surface area (TPSA) is 72.5 Å². The molecular formula is C14H17NO4S. The number of nitrogens with one attached hydrogen (secondary N) is 1. The van der Waals surface area contributed by atoms with Crippen molar-refractivity contribution in [3.05, 3.63) is 47.7 Å². The molecule has 6 heteroatoms. The van der Waals surface area contributed by atoms with Crippen LogP contribution in [0, 0.1) is 6.92 Å². The summed E-state index contributed by atoms with van der Waals surface area (Å²) in [5.41, 5.74) is 3.39. The van der Waals surface area contributed by atoms with Gasteiger partial charge in [0.25, 0.3) is 0 Å². The van der Waals surface area contributed by atoms with Gasteiger partial charge in [-0.25, -0.2) is 17.9 Å². The standard InChI is InChI=1S/C14H17NO4S/c1-4-12(14(16)19-5-2)10-15-20(17,18)13-8-6-11(3)7-9-13/h6-9,15H,1,5,10H2,2-3H3. The van der Waals surface area contributed by atoms with Crippen molar-refractivity contribution in [1.29, 1.82) is 0 Å². The van der Waals surface area contributed by atoms with Crippen molar-refractivity contribution < 1.29 is 17.9 Å². The summed E-state index contributed by atoms with van der Waals surface area (Å²) in [6.45, 7) is 6.87. The molecule has 0 atom stereocenters. The number of carbonyl (C=O) groups excluding carboxylic acids is 1. The van der Waals surface area contributed by atoms with Crippen molar-refractivity contribution in [2.45, 2.75) is 18.7 Å². The molecule has 0 unspecified atom stereocenters. The van der Waals surface area contributed by atoms with Crippen molar-refractivity contribution in [3.8, 4) is 0 Å². The number of carbonyl (C=O) groups is 1. The second kappa shape index (κ2) is 7.05. The maximum absolute atomic E-state index is 12.0. The maximum Gasteiger partial charge on any atom is 0.343 e. The van der Waals surface area contributed by atoms with E-state index in [0.717, 1.165) is 5.56 Å². The first-order chi connectivity index (χ1) is 9.40. The van der Waals surface area contributed by atoms with Gasteiger partial charge < -0.3 is 4.74 Å². The predicted molar refractivity (Wildman–Crippen MR) is 75.7 cm³/mol. The highest BCUT2D eigenvalue weighted by Gasteiger charge is 2.17. The molecule has 0 heterocycles. The van der Waals surface area contributed by atoms with Gasteiger partial charge in [0.05, 0.1) is 23.6 Å². The van der Waals surface area contributed by atoms with E-state index in [1.807, 2.05) is 6.92 Å². The van der Waals surface area contributed by atoms with Gasteiger partial charge in [-0.3, -0.25) is 0 Å². The maximum atomic E-state index is 12.0. The van der Waals surface area contributed by atoms with E-state index in [0.29, 0.717) is 0 Å². The highest BCUT2D eigenvalue weighted by molar-refractivity contribution is 7.89. The average Bonchev–Trinajstić information content (AvgIpc) is 2.40. The molecule has 0 saturated heterocycles. The lowest BCUT2D eigenvalue weighted by Gasteiger charge is -2.08. The number of ether oxygens (including phenoxy) is 1. The lowest BCUT2D eigenvalue weighted by molar-refractivity contribution is -0.138. The molecule has 0 bridgehead atoms. The van der Waals surface area contributed by atoms with Gasteiger partial charge in [0.2, 0.25) is 10.0 Å². The number of hydrogen-bond acceptors (Lipinski definition) is 4. The summed E-state index contributed by atoms with van der Waals surface area (Å²) in [6.07, 6.45) is 0. The van der Waals surface area contributed by atoms with Crippen LogP contribution in [0.25, 0.3) is 0 Å². The van der Waals surface area contributed by atoms with Crippen LogP contribution in [-0.4, -0.2) is 27.5 Å². The van der Waals surface area contributed by atoms with Crippen molar-refractivity contribution in [1.82, 2.24) is 4.72 Å². The number of sulfonamides is 1. The number of esters is 1. The van der Waals surface area contributed by atoms with E-state index >= 15 is 0 Å². The van der Waals surface area contributed by atoms with Crippen LogP contribution in [0.1, 0.15) is 12.5 Å². The van der Waals surface area contributed by atoms with E-state index < -0.39 is 16.0 Å². The molecule has 20 heavy (non-hydrogen) atoms. The third-order valence-corrected chi connectivity index (χ3v) is 3.92. The SMILES string of the molecule is C=C=C(CNS(=O)(=O)c1ccc(C)cc1)C(=O)OCC. The normalized spacial score (nSPS) is 10.7. The Morgan fingerprint density at radius 2 is 1.95 bits per heavy atom. The first-order valence-electron chi connectivity index (χ1n) is 6.03. The Kier molecular flexibility index (Phi) is 5.70. The second-order valence-corrected chi connectivity index (χ2v) is 5.78. The van der Waals surface area contributed by atoms with E-state index in [4.69, 9.17) is 4.74 Å². The zero-order chi connectivity index (χ0) is 15.2. The van der Waals surface area contributed by atoms with Crippen LogP contribution in [0.15, 0.2) is 47.0 Å². The minimum Gasteiger partial charge on any atom is -0.462 e. The summed E-state index contributed by atoms with van der Waals surface area (Å²) >= 11 is 0. The first-order valence-corrected chi connectivity index (χ1v) is 7.51. The highest BCUT2D eigenvalue weighted by Crippen LogP contribution is 2.10. The fraction of sp³-hybridized carbons (Fsp3) is 0.286. The quantitative estimate of drug-likeness (QED) is 0.491. The Balaban J connectivity index is 2.80. The summed E-state index contributed by atoms with van der Waals surface area (Å²) < 4.78 is 31.1. The van der Waals surface area contributed by atoms with Crippen LogP contribution in [0.3, 0.4) is 0 Å². The fourth-order valence-corrected chi connectivity index (χ4v) is 2.39. The molecule has 0 fully saturated rings. The molecule has 1 N–H and O–H groups in total. The second-order valence-electron chi connectivity index (χ2n) is 4.01. The zero-order valence-corrected chi connectivity index (χ0v) is 12.3. The van der Waals surface area contributed by atoms with E-state index in [2.05, 4.69) is 17.0 Å². The average molecular weight is 295 g/mol. The summed E-state index contributed by atoms with van der Waals surface area (Å²) in [6, 6.07) is 6.40. The van der Waals surface area contributed by atoms with Crippen LogP contribution in [-0.2, 0) is 19.6 Å². The molecule has 1 rings (SSSR count). The van der Waals surface area contributed by atoms with Crippen LogP contribution in [0.4, 0.5) is 0 Å². The summed E-state index contributed by atoms with van der Waals surface area (Å²) in [7, 11) is -3.68. The van der Waals surface area contributed by atoms with Crippen LogP contribution >= 0.6 is 0 Å². The Bertz CT molecular complexity index is 626. The Labute approximate surface area is 119 Å². The summed E-state index contributed by atoms with van der Waals surface area (Å²) in [5, 5.41) is 0. The van der Waals surface area contributed by atoms with Gasteiger partial charge in [-0.1, -0.05) is 24.3 Å². The fourth-order valence-electron chi connectivity index (χ4n) is 1.39. The number of rotatable bonds is 6. The Morgan fingerprint density at radius 1 is 1.35 bits per heavy atom. The molecule has 0 aliphatic rings. The minimum absolute atomic E-state index is 0.0440. The van der Waals surface area contributed by atoms with Gasteiger partial charge >= 0.3 is 5.97 Å². The van der Waals surface area contributed by atoms with Gasteiger partial charge in [-0.2, -0.15) is 0 Å². The van der Waals surface area contributed by atoms with E-state index in [-0.39, 0.29) is 23.6 Å². The van der Waals surface area contributed by atoms with Gasteiger partial charge in [0.15, 0.2) is 0 Å². The molecule has 1 aromatic rings. The molecule has 0 aromatic heterocycles. The molecule has 0 radical (unpaired) electrons. The smallest absolute Gasteiger partial charge is 0.343 e. The largest absolute Gasteiger partial charge is 0.462 e. The number of benzene rings is 1.